The number of nitrogens with zero attached hydrogens (tertiary/aromatic N) is 2. The van der Waals surface area contributed by atoms with Crippen molar-refractivity contribution >= 4 is 23.2 Å². The Hall–Kier alpha value is -1.56. The second-order valence-corrected chi connectivity index (χ2v) is 5.82. The zero-order valence-corrected chi connectivity index (χ0v) is 11.7. The van der Waals surface area contributed by atoms with E-state index in [0.29, 0.717) is 12.5 Å². The van der Waals surface area contributed by atoms with Crippen molar-refractivity contribution in [3.05, 3.63) is 21.6 Å². The third kappa shape index (κ3) is 3.07. The molecule has 104 valence electrons. The molecule has 0 atom stereocenters. The molecular weight excluding hydrogens is 268 g/mol. The minimum Gasteiger partial charge on any atom is -0.368 e. The molecule has 1 aliphatic carbocycles. The largest absolute Gasteiger partial charge is 0.368 e. The van der Waals surface area contributed by atoms with Crippen molar-refractivity contribution in [1.82, 2.24) is 9.78 Å². The summed E-state index contributed by atoms with van der Waals surface area (Å²) in [6.45, 7) is 3.77. The highest BCUT2D eigenvalue weighted by atomic mass is 35.5. The van der Waals surface area contributed by atoms with E-state index in [2.05, 4.69) is 10.4 Å². The summed E-state index contributed by atoms with van der Waals surface area (Å²) in [4.78, 5) is 23.6. The van der Waals surface area contributed by atoms with Crippen LogP contribution in [0, 0.1) is 5.92 Å². The Kier molecular flexibility index (Phi) is 3.54. The van der Waals surface area contributed by atoms with Crippen LogP contribution >= 0.6 is 11.6 Å². The van der Waals surface area contributed by atoms with Gasteiger partial charge in [-0.25, -0.2) is 4.68 Å². The predicted molar refractivity (Wildman–Crippen MR) is 73.1 cm³/mol. The first kappa shape index (κ1) is 13.9. The van der Waals surface area contributed by atoms with Crippen LogP contribution in [0.3, 0.4) is 0 Å². The van der Waals surface area contributed by atoms with E-state index in [9.17, 15) is 9.59 Å². The fraction of sp³-hybridized carbons (Fsp3) is 0.583. The second-order valence-electron chi connectivity index (χ2n) is 5.41. The third-order valence-corrected chi connectivity index (χ3v) is 3.47. The Bertz CT molecular complexity index is 563. The molecule has 1 aliphatic rings. The van der Waals surface area contributed by atoms with E-state index < -0.39 is 11.4 Å². The van der Waals surface area contributed by atoms with Gasteiger partial charge in [0.25, 0.3) is 5.56 Å². The van der Waals surface area contributed by atoms with Gasteiger partial charge in [-0.05, 0) is 32.6 Å². The highest BCUT2D eigenvalue weighted by Gasteiger charge is 2.28. The van der Waals surface area contributed by atoms with Crippen LogP contribution in [0.4, 0.5) is 5.69 Å². The zero-order valence-electron chi connectivity index (χ0n) is 10.9. The van der Waals surface area contributed by atoms with E-state index >= 15 is 0 Å². The summed E-state index contributed by atoms with van der Waals surface area (Å²) >= 11 is 5.97. The van der Waals surface area contributed by atoms with Gasteiger partial charge in [0.2, 0.25) is 5.91 Å². The average Bonchev–Trinajstić information content (AvgIpc) is 3.12. The first-order valence-electron chi connectivity index (χ1n) is 6.15. The molecule has 1 aromatic rings. The molecule has 1 fully saturated rings. The predicted octanol–water partition coefficient (Wildman–Crippen LogP) is 0.982. The van der Waals surface area contributed by atoms with Gasteiger partial charge in [-0.15, -0.1) is 0 Å². The number of halogens is 1. The van der Waals surface area contributed by atoms with Crippen molar-refractivity contribution in [2.75, 3.05) is 5.32 Å². The molecule has 3 N–H and O–H groups in total. The molecule has 0 bridgehead atoms. The summed E-state index contributed by atoms with van der Waals surface area (Å²) in [5.74, 6) is -0.0445. The Labute approximate surface area is 115 Å². The van der Waals surface area contributed by atoms with Gasteiger partial charge in [0.1, 0.15) is 11.2 Å². The number of carbonyl (C=O) groups excluding carboxylic acids is 1. The molecule has 1 amide bonds. The van der Waals surface area contributed by atoms with Gasteiger partial charge >= 0.3 is 0 Å². The summed E-state index contributed by atoms with van der Waals surface area (Å²) in [7, 11) is 0. The summed E-state index contributed by atoms with van der Waals surface area (Å²) in [5, 5.41) is 7.00. The average molecular weight is 285 g/mol. The maximum Gasteiger partial charge on any atom is 0.291 e. The van der Waals surface area contributed by atoms with E-state index in [1.807, 2.05) is 0 Å². The maximum absolute atomic E-state index is 12.3. The quantitative estimate of drug-likeness (QED) is 0.843. The van der Waals surface area contributed by atoms with Crippen molar-refractivity contribution in [2.24, 2.45) is 11.7 Å². The number of aromatic nitrogens is 2. The number of nitrogens with two attached hydrogens (primary N) is 1. The van der Waals surface area contributed by atoms with Gasteiger partial charge in [-0.3, -0.25) is 9.59 Å². The zero-order chi connectivity index (χ0) is 14.2. The van der Waals surface area contributed by atoms with Crippen LogP contribution in [0.25, 0.3) is 0 Å². The molecule has 0 radical (unpaired) electrons. The first-order valence-corrected chi connectivity index (χ1v) is 6.53. The molecule has 0 aromatic carbocycles. The van der Waals surface area contributed by atoms with Gasteiger partial charge in [-0.1, -0.05) is 11.6 Å². The standard InChI is InChI=1S/C12H17ClN4O2/c1-12(2,11(14)19)16-9-8(13)5-15-17(10(9)18)6-7-3-4-7/h5,7,16H,3-4,6H2,1-2H3,(H2,14,19). The Morgan fingerprint density at radius 2 is 2.26 bits per heavy atom. The van der Waals surface area contributed by atoms with Crippen LogP contribution in [-0.4, -0.2) is 21.2 Å². The Balaban J connectivity index is 2.33. The SMILES string of the molecule is CC(C)(Nc1c(Cl)cnn(CC2CC2)c1=O)C(N)=O. The normalized spacial score (nSPS) is 15.3. The van der Waals surface area contributed by atoms with E-state index in [4.69, 9.17) is 17.3 Å². The molecule has 6 nitrogen and oxygen atoms in total. The topological polar surface area (TPSA) is 90.0 Å². The van der Waals surface area contributed by atoms with Crippen LogP contribution in [0.2, 0.25) is 5.02 Å². The molecule has 0 aliphatic heterocycles. The lowest BCUT2D eigenvalue weighted by Crippen LogP contribution is -2.46. The monoisotopic (exact) mass is 284 g/mol. The lowest BCUT2D eigenvalue weighted by molar-refractivity contribution is -0.121. The molecular formula is C12H17ClN4O2. The van der Waals surface area contributed by atoms with Crippen molar-refractivity contribution in [2.45, 2.75) is 38.8 Å². The van der Waals surface area contributed by atoms with Gasteiger partial charge < -0.3 is 11.1 Å². The van der Waals surface area contributed by atoms with Crippen molar-refractivity contribution < 1.29 is 4.79 Å². The lowest BCUT2D eigenvalue weighted by atomic mass is 10.1. The summed E-state index contributed by atoms with van der Waals surface area (Å²) in [6.07, 6.45) is 3.64. The highest BCUT2D eigenvalue weighted by Crippen LogP contribution is 2.30. The van der Waals surface area contributed by atoms with Gasteiger partial charge in [-0.2, -0.15) is 5.10 Å². The van der Waals surface area contributed by atoms with Crippen LogP contribution in [0.5, 0.6) is 0 Å². The molecule has 2 rings (SSSR count). The summed E-state index contributed by atoms with van der Waals surface area (Å²) in [6, 6.07) is 0. The number of nitrogens with one attached hydrogen (secondary N) is 1. The van der Waals surface area contributed by atoms with Gasteiger partial charge in [0, 0.05) is 6.54 Å². The number of primary amides is 1. The number of hydrogen-bond donors (Lipinski definition) is 2. The summed E-state index contributed by atoms with van der Waals surface area (Å²) in [5.41, 5.74) is 4.07. The molecule has 1 aromatic heterocycles. The Morgan fingerprint density at radius 3 is 2.79 bits per heavy atom. The van der Waals surface area contributed by atoms with Gasteiger partial charge in [0.15, 0.2) is 0 Å². The van der Waals surface area contributed by atoms with Crippen LogP contribution in [0.15, 0.2) is 11.0 Å². The second kappa shape index (κ2) is 4.85. The summed E-state index contributed by atoms with van der Waals surface area (Å²) < 4.78 is 1.38. The number of hydrogen-bond acceptors (Lipinski definition) is 4. The van der Waals surface area contributed by atoms with E-state index in [1.54, 1.807) is 13.8 Å². The molecule has 0 saturated heterocycles. The molecule has 7 heteroatoms. The fourth-order valence-corrected chi connectivity index (χ4v) is 1.80. The third-order valence-electron chi connectivity index (χ3n) is 3.18. The van der Waals surface area contributed by atoms with Gasteiger partial charge in [0.05, 0.1) is 11.2 Å². The van der Waals surface area contributed by atoms with E-state index in [-0.39, 0.29) is 16.3 Å². The van der Waals surface area contributed by atoms with Crippen molar-refractivity contribution in [1.29, 1.82) is 0 Å². The number of rotatable bonds is 5. The maximum atomic E-state index is 12.3. The number of anilines is 1. The minimum absolute atomic E-state index is 0.168. The molecule has 1 heterocycles. The molecule has 0 unspecified atom stereocenters. The van der Waals surface area contributed by atoms with Crippen LogP contribution < -0.4 is 16.6 Å². The lowest BCUT2D eigenvalue weighted by Gasteiger charge is -2.24. The Morgan fingerprint density at radius 1 is 1.63 bits per heavy atom. The van der Waals surface area contributed by atoms with Crippen LogP contribution in [-0.2, 0) is 11.3 Å². The highest BCUT2D eigenvalue weighted by molar-refractivity contribution is 6.33. The van der Waals surface area contributed by atoms with E-state index in [0.717, 1.165) is 12.8 Å². The molecule has 19 heavy (non-hydrogen) atoms. The molecule has 0 spiro atoms. The first-order chi connectivity index (χ1) is 8.81. The number of carbonyl (C=O) groups is 1. The smallest absolute Gasteiger partial charge is 0.291 e. The minimum atomic E-state index is -1.05. The fourth-order valence-electron chi connectivity index (χ4n) is 1.63. The number of amides is 1. The molecule has 1 saturated carbocycles. The van der Waals surface area contributed by atoms with Crippen molar-refractivity contribution in [3.8, 4) is 0 Å². The van der Waals surface area contributed by atoms with Crippen molar-refractivity contribution in [3.63, 3.8) is 0 Å². The van der Waals surface area contributed by atoms with E-state index in [1.165, 1.54) is 10.9 Å². The van der Waals surface area contributed by atoms with Crippen LogP contribution in [0.1, 0.15) is 26.7 Å².